The maximum absolute atomic E-state index is 13.1. The lowest BCUT2D eigenvalue weighted by molar-refractivity contribution is -0.114. The number of anilines is 2. The van der Waals surface area contributed by atoms with Crippen molar-refractivity contribution in [1.82, 2.24) is 4.98 Å². The van der Waals surface area contributed by atoms with E-state index < -0.39 is 11.3 Å². The number of benzene rings is 3. The number of nitrogens with zero attached hydrogens (tertiary/aromatic N) is 2. The van der Waals surface area contributed by atoms with Gasteiger partial charge < -0.3 is 14.6 Å². The Hall–Kier alpha value is -4.07. The van der Waals surface area contributed by atoms with E-state index in [4.69, 9.17) is 4.42 Å². The molecule has 0 radical (unpaired) electrons. The van der Waals surface area contributed by atoms with Gasteiger partial charge in [0.05, 0.1) is 0 Å². The summed E-state index contributed by atoms with van der Waals surface area (Å²) in [4.78, 5) is 53.8. The molecule has 0 spiro atoms. The van der Waals surface area contributed by atoms with Crippen molar-refractivity contribution >= 4 is 51.9 Å². The Bertz CT molecular complexity index is 1360. The Morgan fingerprint density at radius 2 is 2.03 bits per heavy atom. The third-order valence-electron chi connectivity index (χ3n) is 4.86. The highest BCUT2D eigenvalue weighted by atomic mass is 16.3. The molecule has 8 nitrogen and oxygen atoms in total. The van der Waals surface area contributed by atoms with Gasteiger partial charge in [0.1, 0.15) is 16.9 Å². The molecule has 30 heavy (non-hydrogen) atoms. The van der Waals surface area contributed by atoms with Crippen LogP contribution >= 0.6 is 0 Å². The number of hydrogen-bond donors (Lipinski definition) is 1. The molecule has 0 saturated carbocycles. The minimum Gasteiger partial charge on any atom is -0.450 e. The zero-order valence-corrected chi connectivity index (χ0v) is 16.3. The van der Waals surface area contributed by atoms with Gasteiger partial charge in [-0.05, 0) is 19.1 Å². The predicted molar refractivity (Wildman–Crippen MR) is 113 cm³/mol. The number of carbonyl (C=O) groups excluding carboxylic acids is 3. The lowest BCUT2D eigenvalue weighted by atomic mass is 9.99. The van der Waals surface area contributed by atoms with E-state index in [2.05, 4.69) is 10.3 Å². The maximum atomic E-state index is 13.1. The summed E-state index contributed by atoms with van der Waals surface area (Å²) >= 11 is 0. The van der Waals surface area contributed by atoms with E-state index in [0.717, 1.165) is 0 Å². The summed E-state index contributed by atoms with van der Waals surface area (Å²) in [5.41, 5.74) is 1.39. The minimum atomic E-state index is -0.528. The van der Waals surface area contributed by atoms with E-state index in [0.29, 0.717) is 47.1 Å². The van der Waals surface area contributed by atoms with Crippen molar-refractivity contribution in [2.75, 3.05) is 16.8 Å². The van der Waals surface area contributed by atoms with Crippen molar-refractivity contribution < 1.29 is 18.8 Å². The van der Waals surface area contributed by atoms with Crippen LogP contribution in [0.1, 0.15) is 24.2 Å². The van der Waals surface area contributed by atoms with Gasteiger partial charge in [-0.25, -0.2) is 4.98 Å². The van der Waals surface area contributed by atoms with Gasteiger partial charge in [0.15, 0.2) is 17.6 Å². The predicted octanol–water partition coefficient (Wildman–Crippen LogP) is 3.20. The number of nitrogens with one attached hydrogen (secondary N) is 1. The molecule has 0 fully saturated rings. The zero-order valence-electron chi connectivity index (χ0n) is 16.3. The van der Waals surface area contributed by atoms with Gasteiger partial charge in [-0.1, -0.05) is 18.2 Å². The Balaban J connectivity index is 2.15. The average molecular weight is 403 g/mol. The highest BCUT2D eigenvalue weighted by molar-refractivity contribution is 6.09. The van der Waals surface area contributed by atoms with Gasteiger partial charge in [0, 0.05) is 41.6 Å². The molecular weight excluding hydrogens is 386 g/mol. The summed E-state index contributed by atoms with van der Waals surface area (Å²) < 4.78 is 6.01. The molecule has 0 saturated heterocycles. The second-order valence-electron chi connectivity index (χ2n) is 6.71. The highest BCUT2D eigenvalue weighted by Gasteiger charge is 2.24. The molecule has 8 heteroatoms. The van der Waals surface area contributed by atoms with Crippen LogP contribution in [0.25, 0.3) is 33.3 Å². The van der Waals surface area contributed by atoms with Gasteiger partial charge in [0.25, 0.3) is 0 Å². The van der Waals surface area contributed by atoms with E-state index in [1.54, 1.807) is 30.3 Å². The smallest absolute Gasteiger partial charge is 0.221 e. The fraction of sp³-hybridized carbons (Fsp3) is 0.136. The van der Waals surface area contributed by atoms with Gasteiger partial charge in [0.2, 0.25) is 17.7 Å². The van der Waals surface area contributed by atoms with Gasteiger partial charge in [-0.15, -0.1) is 0 Å². The molecule has 0 bridgehead atoms. The first-order valence-corrected chi connectivity index (χ1v) is 9.26. The largest absolute Gasteiger partial charge is 0.450 e. The zero-order chi connectivity index (χ0) is 21.4. The minimum absolute atomic E-state index is 0.0816. The Morgan fingerprint density at radius 1 is 1.23 bits per heavy atom. The van der Waals surface area contributed by atoms with Gasteiger partial charge >= 0.3 is 0 Å². The number of fused-ring (bicyclic) bond motifs is 4. The number of aldehydes is 1. The molecule has 1 heterocycles. The normalized spacial score (nSPS) is 11.0. The highest BCUT2D eigenvalue weighted by Crippen LogP contribution is 2.36. The van der Waals surface area contributed by atoms with Crippen LogP contribution in [0, 0.1) is 0 Å². The van der Waals surface area contributed by atoms with Crippen molar-refractivity contribution in [3.8, 4) is 11.5 Å². The summed E-state index contributed by atoms with van der Waals surface area (Å²) in [7, 11) is 0. The number of amides is 2. The van der Waals surface area contributed by atoms with Crippen LogP contribution in [0.15, 0.2) is 45.6 Å². The molecule has 2 amide bonds. The van der Waals surface area contributed by atoms with Crippen molar-refractivity contribution in [2.45, 2.75) is 13.8 Å². The van der Waals surface area contributed by atoms with Crippen molar-refractivity contribution in [1.29, 1.82) is 0 Å². The molecular formula is C22H17N3O5. The van der Waals surface area contributed by atoms with Crippen molar-refractivity contribution in [3.63, 3.8) is 0 Å². The molecule has 150 valence electrons. The van der Waals surface area contributed by atoms with Crippen LogP contribution in [0.2, 0.25) is 0 Å². The van der Waals surface area contributed by atoms with Crippen LogP contribution in [-0.4, -0.2) is 30.1 Å². The van der Waals surface area contributed by atoms with Crippen LogP contribution in [-0.2, 0) is 9.59 Å². The third kappa shape index (κ3) is 2.98. The third-order valence-corrected chi connectivity index (χ3v) is 4.86. The number of hydrogen-bond acceptors (Lipinski definition) is 6. The first kappa shape index (κ1) is 19.3. The van der Waals surface area contributed by atoms with E-state index in [9.17, 15) is 19.2 Å². The Labute approximate surface area is 170 Å². The fourth-order valence-corrected chi connectivity index (χ4v) is 3.49. The molecule has 4 rings (SSSR count). The molecule has 1 N–H and O–H groups in total. The topological polar surface area (TPSA) is 110 Å². The van der Waals surface area contributed by atoms with Crippen molar-refractivity contribution in [3.05, 3.63) is 52.2 Å². The SMILES string of the molecule is CCN(C=O)c1ccc2nc3c4cccc(C=O)c4c(=O)c(NC(C)=O)c-3oc2c1. The van der Waals surface area contributed by atoms with Crippen LogP contribution in [0.3, 0.4) is 0 Å². The molecule has 1 aliphatic carbocycles. The second-order valence-corrected chi connectivity index (χ2v) is 6.71. The first-order chi connectivity index (χ1) is 14.5. The Morgan fingerprint density at radius 3 is 2.70 bits per heavy atom. The fourth-order valence-electron chi connectivity index (χ4n) is 3.49. The maximum Gasteiger partial charge on any atom is 0.221 e. The molecule has 0 aromatic heterocycles. The van der Waals surface area contributed by atoms with E-state index >= 15 is 0 Å². The summed E-state index contributed by atoms with van der Waals surface area (Å²) in [5.74, 6) is -0.358. The van der Waals surface area contributed by atoms with Gasteiger partial charge in [-0.2, -0.15) is 0 Å². The average Bonchev–Trinajstić information content (AvgIpc) is 2.75. The summed E-state index contributed by atoms with van der Waals surface area (Å²) in [5, 5.41) is 3.13. The number of rotatable bonds is 5. The number of aromatic nitrogens is 1. The van der Waals surface area contributed by atoms with E-state index in [1.807, 2.05) is 6.92 Å². The first-order valence-electron chi connectivity index (χ1n) is 9.26. The molecule has 0 unspecified atom stereocenters. The lowest BCUT2D eigenvalue weighted by Gasteiger charge is -2.17. The van der Waals surface area contributed by atoms with Crippen LogP contribution in [0.4, 0.5) is 11.4 Å². The molecule has 2 aromatic rings. The van der Waals surface area contributed by atoms with Crippen LogP contribution in [0.5, 0.6) is 0 Å². The van der Waals surface area contributed by atoms with Crippen LogP contribution < -0.4 is 15.6 Å². The summed E-state index contributed by atoms with van der Waals surface area (Å²) in [6.07, 6.45) is 1.30. The quantitative estimate of drug-likeness (QED) is 0.311. The number of carbonyl (C=O) groups is 3. The van der Waals surface area contributed by atoms with Gasteiger partial charge in [-0.3, -0.25) is 19.2 Å². The lowest BCUT2D eigenvalue weighted by Crippen LogP contribution is -2.20. The standard InChI is InChI=1S/C22H17N3O5/c1-3-25(11-27)14-7-8-16-17(9-14)30-22-19(24-16)15-6-4-5-13(10-26)18(15)21(29)20(22)23-12(2)28/h4-11H,3H2,1-2H3,(H,23,28). The van der Waals surface area contributed by atoms with E-state index in [-0.39, 0.29) is 22.4 Å². The molecule has 2 aromatic carbocycles. The monoisotopic (exact) mass is 403 g/mol. The summed E-state index contributed by atoms with van der Waals surface area (Å²) in [6.45, 7) is 3.58. The molecule has 1 aliphatic heterocycles. The molecule has 0 atom stereocenters. The van der Waals surface area contributed by atoms with E-state index in [1.165, 1.54) is 17.9 Å². The Kier molecular flexibility index (Phi) is 4.75. The summed E-state index contributed by atoms with van der Waals surface area (Å²) in [6, 6.07) is 9.96. The van der Waals surface area contributed by atoms with Crippen molar-refractivity contribution in [2.24, 2.45) is 0 Å². The molecule has 2 aliphatic rings. The second kappa shape index (κ2) is 7.40.